The Hall–Kier alpha value is -3.65. The van der Waals surface area contributed by atoms with E-state index >= 15 is 0 Å². The van der Waals surface area contributed by atoms with E-state index in [2.05, 4.69) is 22.2 Å². The van der Waals surface area contributed by atoms with Crippen molar-refractivity contribution in [1.82, 2.24) is 19.6 Å². The third-order valence-electron chi connectivity index (χ3n) is 6.14. The van der Waals surface area contributed by atoms with E-state index in [1.165, 1.54) is 10.9 Å². The second-order valence-corrected chi connectivity index (χ2v) is 8.62. The van der Waals surface area contributed by atoms with Crippen molar-refractivity contribution in [2.75, 3.05) is 38.0 Å². The molecule has 1 aliphatic rings. The maximum atomic E-state index is 13.1. The van der Waals surface area contributed by atoms with E-state index in [1.807, 2.05) is 49.1 Å². The van der Waals surface area contributed by atoms with Crippen LogP contribution in [0.15, 0.2) is 53.5 Å². The molecule has 8 nitrogen and oxygen atoms in total. The number of rotatable bonds is 6. The normalized spacial score (nSPS) is 14.2. The number of nitrogens with one attached hydrogen (secondary N) is 1. The van der Waals surface area contributed by atoms with Gasteiger partial charge in [0.25, 0.3) is 11.5 Å². The number of likely N-dealkylation sites (N-methyl/N-ethyl adjacent to an activating group) is 1. The second-order valence-electron chi connectivity index (χ2n) is 8.62. The molecular formula is C26H31N5O3. The van der Waals surface area contributed by atoms with Gasteiger partial charge in [-0.25, -0.2) is 4.68 Å². The molecule has 1 fully saturated rings. The molecule has 0 aliphatic carbocycles. The molecule has 178 valence electrons. The topological polar surface area (TPSA) is 79.7 Å². The molecule has 0 saturated carbocycles. The van der Waals surface area contributed by atoms with Gasteiger partial charge in [0.1, 0.15) is 5.75 Å². The standard InChI is InChI=1S/C26H31N5O3/c1-5-30-11-13-31(14-12-30)25(32)20-7-6-8-21(16-20)28-24-23(17-27-29(4)26(24)33)34-22-10-9-18(2)15-19(22)3/h6-10,15-17,28H,5,11-14H2,1-4H3. The van der Waals surface area contributed by atoms with Crippen LogP contribution in [0.4, 0.5) is 11.4 Å². The smallest absolute Gasteiger partial charge is 0.294 e. The molecule has 4 rings (SSSR count). The highest BCUT2D eigenvalue weighted by Crippen LogP contribution is 2.31. The molecule has 0 atom stereocenters. The number of amides is 1. The molecule has 3 aromatic rings. The first-order chi connectivity index (χ1) is 16.4. The minimum absolute atomic E-state index is 0.00575. The number of carbonyl (C=O) groups is 1. The molecular weight excluding hydrogens is 430 g/mol. The highest BCUT2D eigenvalue weighted by molar-refractivity contribution is 5.95. The van der Waals surface area contributed by atoms with Gasteiger partial charge in [-0.05, 0) is 50.2 Å². The van der Waals surface area contributed by atoms with E-state index in [9.17, 15) is 9.59 Å². The Labute approximate surface area is 199 Å². The molecule has 2 heterocycles. The van der Waals surface area contributed by atoms with Crippen LogP contribution in [-0.2, 0) is 7.05 Å². The van der Waals surface area contributed by atoms with E-state index in [4.69, 9.17) is 4.74 Å². The van der Waals surface area contributed by atoms with Crippen LogP contribution in [-0.4, -0.2) is 58.2 Å². The number of nitrogens with zero attached hydrogens (tertiary/aromatic N) is 4. The third kappa shape index (κ3) is 5.12. The van der Waals surface area contributed by atoms with Gasteiger partial charge in [-0.3, -0.25) is 9.59 Å². The van der Waals surface area contributed by atoms with E-state index in [0.29, 0.717) is 35.8 Å². The molecule has 1 aliphatic heterocycles. The molecule has 0 radical (unpaired) electrons. The number of benzene rings is 2. The number of hydrogen-bond acceptors (Lipinski definition) is 6. The summed E-state index contributed by atoms with van der Waals surface area (Å²) in [5, 5.41) is 7.29. The van der Waals surface area contributed by atoms with Crippen molar-refractivity contribution in [3.8, 4) is 11.5 Å². The van der Waals surface area contributed by atoms with Gasteiger partial charge in [-0.15, -0.1) is 0 Å². The Morgan fingerprint density at radius 3 is 2.53 bits per heavy atom. The van der Waals surface area contributed by atoms with E-state index in [-0.39, 0.29) is 17.2 Å². The van der Waals surface area contributed by atoms with Crippen LogP contribution >= 0.6 is 0 Å². The van der Waals surface area contributed by atoms with Gasteiger partial charge in [0.15, 0.2) is 11.4 Å². The predicted molar refractivity (Wildman–Crippen MR) is 133 cm³/mol. The lowest BCUT2D eigenvalue weighted by Crippen LogP contribution is -2.48. The highest BCUT2D eigenvalue weighted by atomic mass is 16.5. The Bertz CT molecular complexity index is 1250. The summed E-state index contributed by atoms with van der Waals surface area (Å²) in [7, 11) is 1.59. The summed E-state index contributed by atoms with van der Waals surface area (Å²) in [4.78, 5) is 30.2. The molecule has 1 amide bonds. The fourth-order valence-electron chi connectivity index (χ4n) is 4.07. The Balaban J connectivity index is 1.58. The van der Waals surface area contributed by atoms with Gasteiger partial charge >= 0.3 is 0 Å². The van der Waals surface area contributed by atoms with Gasteiger partial charge in [-0.2, -0.15) is 5.10 Å². The van der Waals surface area contributed by atoms with E-state index in [0.717, 1.165) is 30.8 Å². The fraction of sp³-hybridized carbons (Fsp3) is 0.346. The van der Waals surface area contributed by atoms with Gasteiger partial charge < -0.3 is 19.9 Å². The van der Waals surface area contributed by atoms with Crippen LogP contribution in [0.25, 0.3) is 0 Å². The van der Waals surface area contributed by atoms with Crippen LogP contribution in [0.2, 0.25) is 0 Å². The maximum Gasteiger partial charge on any atom is 0.294 e. The molecule has 8 heteroatoms. The first-order valence-corrected chi connectivity index (χ1v) is 11.6. The largest absolute Gasteiger partial charge is 0.453 e. The van der Waals surface area contributed by atoms with E-state index in [1.54, 1.807) is 19.2 Å². The van der Waals surface area contributed by atoms with Crippen LogP contribution in [0.3, 0.4) is 0 Å². The Kier molecular flexibility index (Phi) is 6.98. The van der Waals surface area contributed by atoms with Gasteiger partial charge in [-0.1, -0.05) is 30.7 Å². The van der Waals surface area contributed by atoms with Crippen molar-refractivity contribution >= 4 is 17.3 Å². The molecule has 1 N–H and O–H groups in total. The Morgan fingerprint density at radius 2 is 1.82 bits per heavy atom. The second kappa shape index (κ2) is 10.1. The van der Waals surface area contributed by atoms with Crippen molar-refractivity contribution in [3.05, 3.63) is 75.7 Å². The third-order valence-corrected chi connectivity index (χ3v) is 6.14. The molecule has 1 saturated heterocycles. The lowest BCUT2D eigenvalue weighted by Gasteiger charge is -2.34. The van der Waals surface area contributed by atoms with Gasteiger partial charge in [0.2, 0.25) is 0 Å². The van der Waals surface area contributed by atoms with Crippen LogP contribution < -0.4 is 15.6 Å². The molecule has 1 aromatic heterocycles. The fourth-order valence-corrected chi connectivity index (χ4v) is 4.07. The summed E-state index contributed by atoms with van der Waals surface area (Å²) < 4.78 is 7.33. The van der Waals surface area contributed by atoms with Crippen molar-refractivity contribution in [3.63, 3.8) is 0 Å². The summed E-state index contributed by atoms with van der Waals surface area (Å²) in [6.45, 7) is 10.3. The summed E-state index contributed by atoms with van der Waals surface area (Å²) in [5.41, 5.74) is 3.24. The van der Waals surface area contributed by atoms with Crippen LogP contribution in [0.1, 0.15) is 28.4 Å². The summed E-state index contributed by atoms with van der Waals surface area (Å²) in [6.07, 6.45) is 1.52. The molecule has 0 bridgehead atoms. The van der Waals surface area contributed by atoms with Crippen molar-refractivity contribution in [2.24, 2.45) is 7.05 Å². The number of anilines is 2. The minimum atomic E-state index is -0.324. The van der Waals surface area contributed by atoms with Crippen molar-refractivity contribution in [2.45, 2.75) is 20.8 Å². The van der Waals surface area contributed by atoms with Crippen molar-refractivity contribution in [1.29, 1.82) is 0 Å². The summed E-state index contributed by atoms with van der Waals surface area (Å²) in [6, 6.07) is 13.1. The minimum Gasteiger partial charge on any atom is -0.453 e. The number of ether oxygens (including phenoxy) is 1. The maximum absolute atomic E-state index is 13.1. The molecule has 0 unspecified atom stereocenters. The SMILES string of the molecule is CCN1CCN(C(=O)c2cccc(Nc3c(Oc4ccc(C)cc4C)cnn(C)c3=O)c2)CC1. The lowest BCUT2D eigenvalue weighted by atomic mass is 10.1. The first-order valence-electron chi connectivity index (χ1n) is 11.6. The zero-order valence-corrected chi connectivity index (χ0v) is 20.2. The van der Waals surface area contributed by atoms with Gasteiger partial charge in [0.05, 0.1) is 6.20 Å². The predicted octanol–water partition coefficient (Wildman–Crippen LogP) is 3.71. The quantitative estimate of drug-likeness (QED) is 0.603. The zero-order valence-electron chi connectivity index (χ0n) is 20.2. The van der Waals surface area contributed by atoms with Crippen LogP contribution in [0.5, 0.6) is 11.5 Å². The number of aryl methyl sites for hydroxylation is 3. The van der Waals surface area contributed by atoms with Crippen LogP contribution in [0, 0.1) is 13.8 Å². The highest BCUT2D eigenvalue weighted by Gasteiger charge is 2.22. The van der Waals surface area contributed by atoms with Crippen molar-refractivity contribution < 1.29 is 9.53 Å². The average molecular weight is 462 g/mol. The van der Waals surface area contributed by atoms with Gasteiger partial charge in [0, 0.05) is 44.5 Å². The molecule has 34 heavy (non-hydrogen) atoms. The summed E-state index contributed by atoms with van der Waals surface area (Å²) >= 11 is 0. The number of aromatic nitrogens is 2. The monoisotopic (exact) mass is 461 g/mol. The Morgan fingerprint density at radius 1 is 1.06 bits per heavy atom. The zero-order chi connectivity index (χ0) is 24.2. The van der Waals surface area contributed by atoms with E-state index < -0.39 is 0 Å². The number of piperazine rings is 1. The number of carbonyl (C=O) groups excluding carboxylic acids is 1. The average Bonchev–Trinajstić information content (AvgIpc) is 2.85. The lowest BCUT2D eigenvalue weighted by molar-refractivity contribution is 0.0643. The summed E-state index contributed by atoms with van der Waals surface area (Å²) in [5.74, 6) is 0.968. The molecule has 2 aromatic carbocycles. The number of hydrogen-bond donors (Lipinski definition) is 1. The first kappa shape index (κ1) is 23.5. The molecule has 0 spiro atoms.